The summed E-state index contributed by atoms with van der Waals surface area (Å²) in [5.74, 6) is 1.01. The van der Waals surface area contributed by atoms with Gasteiger partial charge in [-0.15, -0.1) is 0 Å². The van der Waals surface area contributed by atoms with E-state index in [1.165, 1.54) is 37.8 Å². The van der Waals surface area contributed by atoms with Gasteiger partial charge >= 0.3 is 0 Å². The molecule has 1 aromatic heterocycles. The molecule has 1 aliphatic carbocycles. The Balaban J connectivity index is 1.32. The summed E-state index contributed by atoms with van der Waals surface area (Å²) in [6.45, 7) is 5.01. The lowest BCUT2D eigenvalue weighted by Crippen LogP contribution is -2.62. The summed E-state index contributed by atoms with van der Waals surface area (Å²) in [7, 11) is 0. The molecule has 0 spiro atoms. The van der Waals surface area contributed by atoms with Crippen molar-refractivity contribution in [2.75, 3.05) is 37.6 Å². The number of benzene rings is 1. The first-order valence-corrected chi connectivity index (χ1v) is 11.1. The van der Waals surface area contributed by atoms with E-state index in [4.69, 9.17) is 4.42 Å². The standard InChI is InChI=1S/C24H33N3O2/c28-23(12-11-22-10-7-19-29-22)25-20-24(13-5-2-6-14-24)27-17-15-26(16-18-27)21-8-3-1-4-9-21/h1,3-4,7-10,19H,2,5-6,11-18,20H2,(H,25,28). The second-order valence-electron chi connectivity index (χ2n) is 8.45. The number of carbonyl (C=O) groups is 1. The van der Waals surface area contributed by atoms with Gasteiger partial charge in [-0.25, -0.2) is 0 Å². The second kappa shape index (κ2) is 9.49. The molecule has 5 heteroatoms. The number of para-hydroxylation sites is 1. The van der Waals surface area contributed by atoms with E-state index < -0.39 is 0 Å². The average Bonchev–Trinajstić information content (AvgIpc) is 3.31. The normalized spacial score (nSPS) is 19.8. The van der Waals surface area contributed by atoms with Gasteiger partial charge in [0.1, 0.15) is 5.76 Å². The maximum atomic E-state index is 12.5. The van der Waals surface area contributed by atoms with Crippen molar-refractivity contribution in [3.8, 4) is 0 Å². The summed E-state index contributed by atoms with van der Waals surface area (Å²) in [6.07, 6.45) is 9.06. The number of hydrogen-bond donors (Lipinski definition) is 1. The van der Waals surface area contributed by atoms with Gasteiger partial charge in [0.25, 0.3) is 0 Å². The van der Waals surface area contributed by atoms with E-state index in [1.54, 1.807) is 6.26 Å². The predicted molar refractivity (Wildman–Crippen MR) is 116 cm³/mol. The van der Waals surface area contributed by atoms with E-state index in [9.17, 15) is 4.79 Å². The maximum absolute atomic E-state index is 12.5. The number of nitrogens with zero attached hydrogens (tertiary/aromatic N) is 2. The van der Waals surface area contributed by atoms with Crippen LogP contribution in [0, 0.1) is 0 Å². The van der Waals surface area contributed by atoms with Crippen LogP contribution in [0.2, 0.25) is 0 Å². The summed E-state index contributed by atoms with van der Waals surface area (Å²) in [5, 5.41) is 3.26. The highest BCUT2D eigenvalue weighted by atomic mass is 16.3. The zero-order chi connectivity index (χ0) is 19.9. The summed E-state index contributed by atoms with van der Waals surface area (Å²) < 4.78 is 5.35. The molecular formula is C24H33N3O2. The molecule has 0 atom stereocenters. The summed E-state index contributed by atoms with van der Waals surface area (Å²) >= 11 is 0. The van der Waals surface area contributed by atoms with E-state index in [1.807, 2.05) is 12.1 Å². The Hall–Kier alpha value is -2.27. The molecule has 2 heterocycles. The summed E-state index contributed by atoms with van der Waals surface area (Å²) in [4.78, 5) is 17.6. The van der Waals surface area contributed by atoms with Gasteiger partial charge in [0.05, 0.1) is 6.26 Å². The van der Waals surface area contributed by atoms with Crippen LogP contribution < -0.4 is 10.2 Å². The van der Waals surface area contributed by atoms with E-state index in [2.05, 4.69) is 45.4 Å². The minimum Gasteiger partial charge on any atom is -0.469 e. The molecule has 1 aromatic carbocycles. The van der Waals surface area contributed by atoms with Crippen LogP contribution in [-0.4, -0.2) is 49.1 Å². The Labute approximate surface area is 174 Å². The molecule has 1 aliphatic heterocycles. The Morgan fingerprint density at radius 3 is 2.41 bits per heavy atom. The number of furan rings is 1. The van der Waals surface area contributed by atoms with Crippen molar-refractivity contribution in [2.45, 2.75) is 50.5 Å². The lowest BCUT2D eigenvalue weighted by molar-refractivity contribution is -0.122. The van der Waals surface area contributed by atoms with E-state index in [0.29, 0.717) is 12.8 Å². The molecule has 5 nitrogen and oxygen atoms in total. The van der Waals surface area contributed by atoms with E-state index >= 15 is 0 Å². The van der Waals surface area contributed by atoms with Crippen molar-refractivity contribution in [2.24, 2.45) is 0 Å². The zero-order valence-electron chi connectivity index (χ0n) is 17.3. The van der Waals surface area contributed by atoms with Crippen LogP contribution >= 0.6 is 0 Å². The largest absolute Gasteiger partial charge is 0.469 e. The van der Waals surface area contributed by atoms with Crippen molar-refractivity contribution in [1.29, 1.82) is 0 Å². The van der Waals surface area contributed by atoms with Gasteiger partial charge in [0.15, 0.2) is 0 Å². The van der Waals surface area contributed by atoms with Crippen molar-refractivity contribution in [1.82, 2.24) is 10.2 Å². The topological polar surface area (TPSA) is 48.7 Å². The van der Waals surface area contributed by atoms with Gasteiger partial charge < -0.3 is 14.6 Å². The van der Waals surface area contributed by atoms with Crippen LogP contribution in [0.15, 0.2) is 53.1 Å². The molecule has 1 saturated heterocycles. The molecule has 1 saturated carbocycles. The molecule has 2 aromatic rings. The summed E-state index contributed by atoms with van der Waals surface area (Å²) in [5.41, 5.74) is 1.44. The van der Waals surface area contributed by atoms with Crippen LogP contribution in [0.25, 0.3) is 0 Å². The Kier molecular flexibility index (Phi) is 6.55. The predicted octanol–water partition coefficient (Wildman–Crippen LogP) is 3.85. The molecule has 0 bridgehead atoms. The quantitative estimate of drug-likeness (QED) is 0.774. The van der Waals surface area contributed by atoms with Crippen molar-refractivity contribution in [3.05, 3.63) is 54.5 Å². The smallest absolute Gasteiger partial charge is 0.220 e. The van der Waals surface area contributed by atoms with Gasteiger partial charge in [0.2, 0.25) is 5.91 Å². The molecule has 0 unspecified atom stereocenters. The Morgan fingerprint density at radius 1 is 0.966 bits per heavy atom. The maximum Gasteiger partial charge on any atom is 0.220 e. The minimum atomic E-state index is 0.126. The van der Waals surface area contributed by atoms with E-state index in [-0.39, 0.29) is 11.4 Å². The number of hydrogen-bond acceptors (Lipinski definition) is 4. The van der Waals surface area contributed by atoms with Crippen LogP contribution in [0.3, 0.4) is 0 Å². The van der Waals surface area contributed by atoms with Crippen LogP contribution in [-0.2, 0) is 11.2 Å². The molecule has 0 radical (unpaired) electrons. The molecule has 2 aliphatic rings. The van der Waals surface area contributed by atoms with Crippen LogP contribution in [0.4, 0.5) is 5.69 Å². The minimum absolute atomic E-state index is 0.126. The first-order valence-electron chi connectivity index (χ1n) is 11.1. The highest BCUT2D eigenvalue weighted by molar-refractivity contribution is 5.76. The fourth-order valence-electron chi connectivity index (χ4n) is 4.94. The van der Waals surface area contributed by atoms with Crippen molar-refractivity contribution in [3.63, 3.8) is 0 Å². The first-order chi connectivity index (χ1) is 14.3. The number of carbonyl (C=O) groups excluding carboxylic acids is 1. The number of nitrogens with one attached hydrogen (secondary N) is 1. The molecule has 1 N–H and O–H groups in total. The average molecular weight is 396 g/mol. The third kappa shape index (κ3) is 5.02. The molecule has 156 valence electrons. The van der Waals surface area contributed by atoms with Crippen molar-refractivity contribution >= 4 is 11.6 Å². The Morgan fingerprint density at radius 2 is 1.72 bits per heavy atom. The molecule has 29 heavy (non-hydrogen) atoms. The monoisotopic (exact) mass is 395 g/mol. The summed E-state index contributed by atoms with van der Waals surface area (Å²) in [6, 6.07) is 14.5. The van der Waals surface area contributed by atoms with Gasteiger partial charge in [-0.3, -0.25) is 9.69 Å². The highest BCUT2D eigenvalue weighted by Crippen LogP contribution is 2.34. The molecule has 4 rings (SSSR count). The van der Waals surface area contributed by atoms with E-state index in [0.717, 1.165) is 38.5 Å². The van der Waals surface area contributed by atoms with Gasteiger partial charge in [-0.1, -0.05) is 37.5 Å². The third-order valence-corrected chi connectivity index (χ3v) is 6.65. The number of rotatable bonds is 7. The van der Waals surface area contributed by atoms with Crippen molar-refractivity contribution < 1.29 is 9.21 Å². The molecule has 2 fully saturated rings. The zero-order valence-corrected chi connectivity index (χ0v) is 17.3. The second-order valence-corrected chi connectivity index (χ2v) is 8.45. The highest BCUT2D eigenvalue weighted by Gasteiger charge is 2.39. The molecular weight excluding hydrogens is 362 g/mol. The lowest BCUT2D eigenvalue weighted by atomic mass is 9.79. The number of anilines is 1. The Bertz CT molecular complexity index is 746. The van der Waals surface area contributed by atoms with Crippen LogP contribution in [0.1, 0.15) is 44.3 Å². The SMILES string of the molecule is O=C(CCc1ccco1)NCC1(N2CCN(c3ccccc3)CC2)CCCCC1. The van der Waals surface area contributed by atoms with Gasteiger partial charge in [0, 0.05) is 56.8 Å². The van der Waals surface area contributed by atoms with Gasteiger partial charge in [-0.05, 0) is 37.1 Å². The fraction of sp³-hybridized carbons (Fsp3) is 0.542. The first kappa shape index (κ1) is 20.0. The lowest BCUT2D eigenvalue weighted by Gasteiger charge is -2.50. The van der Waals surface area contributed by atoms with Crippen LogP contribution in [0.5, 0.6) is 0 Å². The van der Waals surface area contributed by atoms with Gasteiger partial charge in [-0.2, -0.15) is 0 Å². The number of piperazine rings is 1. The number of amides is 1. The molecule has 1 amide bonds. The fourth-order valence-corrected chi connectivity index (χ4v) is 4.94. The third-order valence-electron chi connectivity index (χ3n) is 6.65. The number of aryl methyl sites for hydroxylation is 1.